The molecule has 2 aromatic carbocycles. The Bertz CT molecular complexity index is 1020. The summed E-state index contributed by atoms with van der Waals surface area (Å²) in [5.74, 6) is 0.187. The molecule has 0 saturated carbocycles. The SMILES string of the molecule is O=C(Nc1ccc2[nH]ccc2c1)c1cc(-c2ccc(Cl)cc2)on1. The molecule has 4 rings (SSSR count). The van der Waals surface area contributed by atoms with Crippen molar-refractivity contribution in [3.05, 3.63) is 71.5 Å². The lowest BCUT2D eigenvalue weighted by molar-refractivity contribution is 0.101. The zero-order chi connectivity index (χ0) is 16.5. The van der Waals surface area contributed by atoms with Gasteiger partial charge in [0.15, 0.2) is 11.5 Å². The average Bonchev–Trinajstić information content (AvgIpc) is 3.24. The molecule has 0 atom stereocenters. The number of fused-ring (bicyclic) bond motifs is 1. The Hall–Kier alpha value is -3.05. The molecule has 0 spiro atoms. The summed E-state index contributed by atoms with van der Waals surface area (Å²) < 4.78 is 5.25. The first kappa shape index (κ1) is 14.5. The average molecular weight is 338 g/mol. The summed E-state index contributed by atoms with van der Waals surface area (Å²) in [6, 6.07) is 16.3. The number of amides is 1. The molecule has 0 bridgehead atoms. The lowest BCUT2D eigenvalue weighted by Crippen LogP contribution is -2.11. The van der Waals surface area contributed by atoms with Crippen LogP contribution in [0.4, 0.5) is 5.69 Å². The van der Waals surface area contributed by atoms with Gasteiger partial charge in [-0.3, -0.25) is 4.79 Å². The number of benzene rings is 2. The summed E-state index contributed by atoms with van der Waals surface area (Å²) in [5, 5.41) is 8.31. The first-order valence-electron chi connectivity index (χ1n) is 7.30. The minimum absolute atomic E-state index is 0.217. The molecule has 2 heterocycles. The summed E-state index contributed by atoms with van der Waals surface area (Å²) in [6.07, 6.45) is 1.85. The van der Waals surface area contributed by atoms with Gasteiger partial charge in [-0.05, 0) is 48.5 Å². The van der Waals surface area contributed by atoms with Crippen molar-refractivity contribution in [1.82, 2.24) is 10.1 Å². The third-order valence-electron chi connectivity index (χ3n) is 3.68. The van der Waals surface area contributed by atoms with Gasteiger partial charge in [-0.25, -0.2) is 0 Å². The number of nitrogens with zero attached hydrogens (tertiary/aromatic N) is 1. The molecule has 0 aliphatic heterocycles. The highest BCUT2D eigenvalue weighted by molar-refractivity contribution is 6.30. The van der Waals surface area contributed by atoms with Gasteiger partial charge in [0.2, 0.25) is 0 Å². The highest BCUT2D eigenvalue weighted by Crippen LogP contribution is 2.23. The number of carbonyl (C=O) groups excluding carboxylic acids is 1. The van der Waals surface area contributed by atoms with Crippen LogP contribution in [0.2, 0.25) is 5.02 Å². The van der Waals surface area contributed by atoms with Crippen LogP contribution in [0.3, 0.4) is 0 Å². The highest BCUT2D eigenvalue weighted by atomic mass is 35.5. The molecular formula is C18H12ClN3O2. The molecule has 0 aliphatic rings. The van der Waals surface area contributed by atoms with Crippen molar-refractivity contribution in [3.63, 3.8) is 0 Å². The first-order chi connectivity index (χ1) is 11.7. The second-order valence-corrected chi connectivity index (χ2v) is 5.75. The van der Waals surface area contributed by atoms with E-state index in [0.717, 1.165) is 16.5 Å². The molecule has 0 saturated heterocycles. The molecule has 24 heavy (non-hydrogen) atoms. The van der Waals surface area contributed by atoms with Crippen LogP contribution < -0.4 is 5.32 Å². The number of hydrogen-bond donors (Lipinski definition) is 2. The van der Waals surface area contributed by atoms with Crippen molar-refractivity contribution in [2.24, 2.45) is 0 Å². The van der Waals surface area contributed by atoms with E-state index in [1.807, 2.05) is 42.6 Å². The molecule has 4 aromatic rings. The van der Waals surface area contributed by atoms with Gasteiger partial charge in [0.05, 0.1) is 0 Å². The summed E-state index contributed by atoms with van der Waals surface area (Å²) in [6.45, 7) is 0. The summed E-state index contributed by atoms with van der Waals surface area (Å²) in [5.41, 5.74) is 2.73. The Morgan fingerprint density at radius 1 is 1.08 bits per heavy atom. The Morgan fingerprint density at radius 2 is 1.92 bits per heavy atom. The van der Waals surface area contributed by atoms with Gasteiger partial charge in [-0.1, -0.05) is 16.8 Å². The van der Waals surface area contributed by atoms with E-state index in [0.29, 0.717) is 16.5 Å². The molecule has 0 radical (unpaired) electrons. The maximum absolute atomic E-state index is 12.3. The Labute approximate surface area is 142 Å². The number of aromatic amines is 1. The fourth-order valence-electron chi connectivity index (χ4n) is 2.46. The number of nitrogens with one attached hydrogen (secondary N) is 2. The number of H-pyrrole nitrogens is 1. The molecule has 118 valence electrons. The van der Waals surface area contributed by atoms with E-state index in [-0.39, 0.29) is 11.6 Å². The molecule has 0 unspecified atom stereocenters. The molecular weight excluding hydrogens is 326 g/mol. The first-order valence-corrected chi connectivity index (χ1v) is 7.68. The molecule has 1 amide bonds. The fourth-order valence-corrected chi connectivity index (χ4v) is 2.58. The van der Waals surface area contributed by atoms with Gasteiger partial charge in [-0.2, -0.15) is 0 Å². The predicted molar refractivity (Wildman–Crippen MR) is 93.2 cm³/mol. The van der Waals surface area contributed by atoms with E-state index >= 15 is 0 Å². The predicted octanol–water partition coefficient (Wildman–Crippen LogP) is 4.73. The van der Waals surface area contributed by atoms with Gasteiger partial charge in [0.1, 0.15) is 0 Å². The molecule has 6 heteroatoms. The number of halogens is 1. The van der Waals surface area contributed by atoms with Gasteiger partial charge in [-0.15, -0.1) is 0 Å². The molecule has 5 nitrogen and oxygen atoms in total. The number of anilines is 1. The summed E-state index contributed by atoms with van der Waals surface area (Å²) >= 11 is 5.87. The van der Waals surface area contributed by atoms with E-state index in [1.54, 1.807) is 18.2 Å². The summed E-state index contributed by atoms with van der Waals surface area (Å²) in [4.78, 5) is 15.4. The molecule has 2 aromatic heterocycles. The van der Waals surface area contributed by atoms with Crippen molar-refractivity contribution in [2.45, 2.75) is 0 Å². The third kappa shape index (κ3) is 2.77. The minimum Gasteiger partial charge on any atom is -0.361 e. The van der Waals surface area contributed by atoms with E-state index in [2.05, 4.69) is 15.5 Å². The van der Waals surface area contributed by atoms with Crippen LogP contribution in [-0.4, -0.2) is 16.0 Å². The van der Waals surface area contributed by atoms with Gasteiger partial charge in [0, 0.05) is 39.4 Å². The number of hydrogen-bond acceptors (Lipinski definition) is 3. The van der Waals surface area contributed by atoms with Crippen LogP contribution in [0.5, 0.6) is 0 Å². The largest absolute Gasteiger partial charge is 0.361 e. The van der Waals surface area contributed by atoms with Gasteiger partial charge in [0.25, 0.3) is 5.91 Å². The standard InChI is InChI=1S/C18H12ClN3O2/c19-13-3-1-11(2-4-13)17-10-16(22-24-17)18(23)21-14-5-6-15-12(9-14)7-8-20-15/h1-10,20H,(H,21,23). The molecule has 0 fully saturated rings. The van der Waals surface area contributed by atoms with Crippen molar-refractivity contribution in [1.29, 1.82) is 0 Å². The Kier molecular flexibility index (Phi) is 3.55. The van der Waals surface area contributed by atoms with Crippen LogP contribution in [0.25, 0.3) is 22.2 Å². The van der Waals surface area contributed by atoms with E-state index in [9.17, 15) is 4.79 Å². The Morgan fingerprint density at radius 3 is 2.75 bits per heavy atom. The van der Waals surface area contributed by atoms with Crippen molar-refractivity contribution < 1.29 is 9.32 Å². The van der Waals surface area contributed by atoms with Crippen LogP contribution in [-0.2, 0) is 0 Å². The van der Waals surface area contributed by atoms with Crippen LogP contribution in [0, 0.1) is 0 Å². The molecule has 0 aliphatic carbocycles. The lowest BCUT2D eigenvalue weighted by atomic mass is 10.1. The van der Waals surface area contributed by atoms with Crippen molar-refractivity contribution in [3.8, 4) is 11.3 Å². The topological polar surface area (TPSA) is 70.9 Å². The van der Waals surface area contributed by atoms with Crippen LogP contribution in [0.15, 0.2) is 65.3 Å². The van der Waals surface area contributed by atoms with E-state index < -0.39 is 0 Å². The maximum atomic E-state index is 12.3. The van der Waals surface area contributed by atoms with Crippen molar-refractivity contribution in [2.75, 3.05) is 5.32 Å². The Balaban J connectivity index is 1.55. The molecule has 2 N–H and O–H groups in total. The number of aromatic nitrogens is 2. The van der Waals surface area contributed by atoms with Crippen LogP contribution >= 0.6 is 11.6 Å². The van der Waals surface area contributed by atoms with Crippen molar-refractivity contribution >= 4 is 34.1 Å². The fraction of sp³-hybridized carbons (Fsp3) is 0. The van der Waals surface area contributed by atoms with Gasteiger partial charge >= 0.3 is 0 Å². The normalized spacial score (nSPS) is 10.9. The number of carbonyl (C=O) groups is 1. The second-order valence-electron chi connectivity index (χ2n) is 5.32. The third-order valence-corrected chi connectivity index (χ3v) is 3.93. The monoisotopic (exact) mass is 337 g/mol. The minimum atomic E-state index is -0.325. The quantitative estimate of drug-likeness (QED) is 0.567. The van der Waals surface area contributed by atoms with Crippen LogP contribution in [0.1, 0.15) is 10.5 Å². The smallest absolute Gasteiger partial charge is 0.277 e. The maximum Gasteiger partial charge on any atom is 0.277 e. The zero-order valence-electron chi connectivity index (χ0n) is 12.4. The van der Waals surface area contributed by atoms with E-state index in [1.165, 1.54) is 0 Å². The summed E-state index contributed by atoms with van der Waals surface area (Å²) in [7, 11) is 0. The number of rotatable bonds is 3. The highest BCUT2D eigenvalue weighted by Gasteiger charge is 2.14. The lowest BCUT2D eigenvalue weighted by Gasteiger charge is -2.02. The van der Waals surface area contributed by atoms with Gasteiger partial charge < -0.3 is 14.8 Å². The zero-order valence-corrected chi connectivity index (χ0v) is 13.2. The second kappa shape index (κ2) is 5.86. The van der Waals surface area contributed by atoms with E-state index in [4.69, 9.17) is 16.1 Å².